The largest absolute Gasteiger partial charge is 0.352 e. The van der Waals surface area contributed by atoms with E-state index in [9.17, 15) is 18.0 Å². The minimum atomic E-state index is -3.76. The van der Waals surface area contributed by atoms with Gasteiger partial charge in [-0.05, 0) is 68.5 Å². The number of rotatable bonds is 9. The number of sulfonamides is 1. The van der Waals surface area contributed by atoms with E-state index in [4.69, 9.17) is 0 Å². The van der Waals surface area contributed by atoms with Gasteiger partial charge in [0.15, 0.2) is 0 Å². The topological polar surface area (TPSA) is 86.8 Å². The molecule has 196 valence electrons. The van der Waals surface area contributed by atoms with E-state index in [0.717, 1.165) is 57.4 Å². The van der Waals surface area contributed by atoms with E-state index in [1.54, 1.807) is 13.0 Å². The molecule has 0 bridgehead atoms. The van der Waals surface area contributed by atoms with Crippen molar-refractivity contribution >= 4 is 43.5 Å². The first-order chi connectivity index (χ1) is 17.0. The van der Waals surface area contributed by atoms with Crippen LogP contribution in [0.2, 0.25) is 0 Å². The summed E-state index contributed by atoms with van der Waals surface area (Å²) in [5, 5.41) is 3.11. The monoisotopic (exact) mass is 577 g/mol. The van der Waals surface area contributed by atoms with Crippen molar-refractivity contribution in [2.24, 2.45) is 0 Å². The summed E-state index contributed by atoms with van der Waals surface area (Å²) < 4.78 is 27.6. The SMILES string of the molecule is Cc1ccc(C)c(N(CC(=O)N(Cc2cccc(Br)c2)[C@@H](C)C(=O)NC2CCCCC2)S(C)(=O)=O)c1. The molecule has 0 radical (unpaired) electrons. The van der Waals surface area contributed by atoms with E-state index in [2.05, 4.69) is 21.2 Å². The molecule has 1 N–H and O–H groups in total. The average molecular weight is 579 g/mol. The lowest BCUT2D eigenvalue weighted by atomic mass is 9.95. The van der Waals surface area contributed by atoms with E-state index in [-0.39, 0.29) is 18.5 Å². The Morgan fingerprint density at radius 3 is 2.42 bits per heavy atom. The lowest BCUT2D eigenvalue weighted by Gasteiger charge is -2.33. The predicted octanol–water partition coefficient (Wildman–Crippen LogP) is 4.70. The summed E-state index contributed by atoms with van der Waals surface area (Å²) in [6.07, 6.45) is 6.31. The summed E-state index contributed by atoms with van der Waals surface area (Å²) in [4.78, 5) is 28.4. The highest BCUT2D eigenvalue weighted by Crippen LogP contribution is 2.25. The standard InChI is InChI=1S/C27H36BrN3O4S/c1-19-13-14-20(2)25(15-19)31(36(4,34)35)18-26(32)30(17-22-9-8-10-23(28)16-22)21(3)27(33)29-24-11-6-5-7-12-24/h8-10,13-16,21,24H,5-7,11-12,17-18H2,1-4H3,(H,29,33)/t21-/m0/s1. The molecule has 7 nitrogen and oxygen atoms in total. The number of hydrogen-bond acceptors (Lipinski definition) is 4. The predicted molar refractivity (Wildman–Crippen MR) is 147 cm³/mol. The van der Waals surface area contributed by atoms with Crippen LogP contribution in [0.5, 0.6) is 0 Å². The Bertz CT molecular complexity index is 1200. The number of benzene rings is 2. The fraction of sp³-hybridized carbons (Fsp3) is 0.481. The average Bonchev–Trinajstić information content (AvgIpc) is 2.82. The number of hydrogen-bond donors (Lipinski definition) is 1. The summed E-state index contributed by atoms with van der Waals surface area (Å²) in [5.74, 6) is -0.657. The van der Waals surface area contributed by atoms with Crippen LogP contribution >= 0.6 is 15.9 Å². The van der Waals surface area contributed by atoms with Gasteiger partial charge in [-0.3, -0.25) is 13.9 Å². The lowest BCUT2D eigenvalue weighted by molar-refractivity contribution is -0.139. The van der Waals surface area contributed by atoms with Crippen LogP contribution in [0.25, 0.3) is 0 Å². The van der Waals surface area contributed by atoms with Gasteiger partial charge in [-0.15, -0.1) is 0 Å². The summed E-state index contributed by atoms with van der Waals surface area (Å²) in [5.41, 5.74) is 2.95. The number of nitrogens with one attached hydrogen (secondary N) is 1. The van der Waals surface area contributed by atoms with Gasteiger partial charge < -0.3 is 10.2 Å². The fourth-order valence-corrected chi connectivity index (χ4v) is 5.91. The molecule has 1 fully saturated rings. The van der Waals surface area contributed by atoms with Crippen molar-refractivity contribution in [3.63, 3.8) is 0 Å². The molecule has 0 aliphatic heterocycles. The Balaban J connectivity index is 1.90. The second-order valence-corrected chi connectivity index (χ2v) is 12.6. The molecule has 9 heteroatoms. The first kappa shape index (κ1) is 28.2. The maximum Gasteiger partial charge on any atom is 0.244 e. The molecule has 2 aromatic rings. The van der Waals surface area contributed by atoms with Crippen LogP contribution in [0, 0.1) is 13.8 Å². The van der Waals surface area contributed by atoms with Gasteiger partial charge in [0.05, 0.1) is 11.9 Å². The molecule has 0 aromatic heterocycles. The summed E-state index contributed by atoms with van der Waals surface area (Å²) >= 11 is 3.46. The Morgan fingerprint density at radius 2 is 1.78 bits per heavy atom. The molecule has 0 spiro atoms. The molecule has 2 amide bonds. The molecule has 0 heterocycles. The highest BCUT2D eigenvalue weighted by atomic mass is 79.9. The van der Waals surface area contributed by atoms with Gasteiger partial charge in [0, 0.05) is 17.1 Å². The Kier molecular flexibility index (Phi) is 9.58. The van der Waals surface area contributed by atoms with Crippen LogP contribution < -0.4 is 9.62 Å². The van der Waals surface area contributed by atoms with E-state index in [1.165, 1.54) is 11.3 Å². The third kappa shape index (κ3) is 7.56. The second-order valence-electron chi connectivity index (χ2n) is 9.73. The van der Waals surface area contributed by atoms with Crippen molar-refractivity contribution in [2.75, 3.05) is 17.1 Å². The Labute approximate surface area is 223 Å². The lowest BCUT2D eigenvalue weighted by Crippen LogP contribution is -2.53. The molecular weight excluding hydrogens is 542 g/mol. The number of anilines is 1. The van der Waals surface area contributed by atoms with Crippen molar-refractivity contribution in [1.29, 1.82) is 0 Å². The van der Waals surface area contributed by atoms with Gasteiger partial charge in [0.25, 0.3) is 0 Å². The highest BCUT2D eigenvalue weighted by Gasteiger charge is 2.31. The van der Waals surface area contributed by atoms with E-state index < -0.39 is 28.5 Å². The minimum Gasteiger partial charge on any atom is -0.352 e. The van der Waals surface area contributed by atoms with Crippen molar-refractivity contribution in [3.05, 3.63) is 63.6 Å². The first-order valence-corrected chi connectivity index (χ1v) is 15.0. The Morgan fingerprint density at radius 1 is 1.08 bits per heavy atom. The van der Waals surface area contributed by atoms with Crippen LogP contribution in [0.1, 0.15) is 55.7 Å². The molecule has 1 saturated carbocycles. The summed E-state index contributed by atoms with van der Waals surface area (Å²) in [6.45, 7) is 5.19. The smallest absolute Gasteiger partial charge is 0.244 e. The first-order valence-electron chi connectivity index (χ1n) is 12.3. The fourth-order valence-electron chi connectivity index (χ4n) is 4.57. The normalized spacial score (nSPS) is 15.2. The molecule has 1 atom stereocenters. The van der Waals surface area contributed by atoms with E-state index >= 15 is 0 Å². The second kappa shape index (κ2) is 12.2. The van der Waals surface area contributed by atoms with Crippen LogP contribution in [-0.2, 0) is 26.2 Å². The van der Waals surface area contributed by atoms with Crippen LogP contribution in [0.15, 0.2) is 46.9 Å². The molecule has 0 saturated heterocycles. The van der Waals surface area contributed by atoms with Gasteiger partial charge in [-0.2, -0.15) is 0 Å². The number of aryl methyl sites for hydroxylation is 2. The molecule has 1 aliphatic carbocycles. The van der Waals surface area contributed by atoms with Crippen molar-refractivity contribution < 1.29 is 18.0 Å². The molecule has 3 rings (SSSR count). The van der Waals surface area contributed by atoms with E-state index in [0.29, 0.717) is 5.69 Å². The number of amides is 2. The maximum absolute atomic E-state index is 13.7. The van der Waals surface area contributed by atoms with E-state index in [1.807, 2.05) is 50.2 Å². The van der Waals surface area contributed by atoms with Gasteiger partial charge in [-0.25, -0.2) is 8.42 Å². The van der Waals surface area contributed by atoms with Crippen LogP contribution in [-0.4, -0.2) is 50.0 Å². The number of nitrogens with zero attached hydrogens (tertiary/aromatic N) is 2. The number of carbonyl (C=O) groups is 2. The quantitative estimate of drug-likeness (QED) is 0.468. The number of carbonyl (C=O) groups excluding carboxylic acids is 2. The minimum absolute atomic E-state index is 0.110. The molecular formula is C27H36BrN3O4S. The third-order valence-corrected chi connectivity index (χ3v) is 8.29. The van der Waals surface area contributed by atoms with Gasteiger partial charge in [0.1, 0.15) is 12.6 Å². The molecule has 36 heavy (non-hydrogen) atoms. The van der Waals surface area contributed by atoms with Gasteiger partial charge in [0.2, 0.25) is 21.8 Å². The van der Waals surface area contributed by atoms with Crippen molar-refractivity contribution in [2.45, 2.75) is 71.5 Å². The summed E-state index contributed by atoms with van der Waals surface area (Å²) in [7, 11) is -3.76. The summed E-state index contributed by atoms with van der Waals surface area (Å²) in [6, 6.07) is 12.4. The zero-order valence-corrected chi connectivity index (χ0v) is 23.9. The highest BCUT2D eigenvalue weighted by molar-refractivity contribution is 9.10. The third-order valence-electron chi connectivity index (χ3n) is 6.67. The van der Waals surface area contributed by atoms with Crippen LogP contribution in [0.3, 0.4) is 0 Å². The molecule has 1 aliphatic rings. The zero-order valence-electron chi connectivity index (χ0n) is 21.5. The Hall–Kier alpha value is -2.39. The molecule has 0 unspecified atom stereocenters. The van der Waals surface area contributed by atoms with Crippen molar-refractivity contribution in [3.8, 4) is 0 Å². The van der Waals surface area contributed by atoms with Gasteiger partial charge in [-0.1, -0.05) is 59.5 Å². The van der Waals surface area contributed by atoms with Crippen molar-refractivity contribution in [1.82, 2.24) is 10.2 Å². The number of halogens is 1. The zero-order chi connectivity index (χ0) is 26.5. The van der Waals surface area contributed by atoms with Gasteiger partial charge >= 0.3 is 0 Å². The maximum atomic E-state index is 13.7. The molecule has 2 aromatic carbocycles. The van der Waals surface area contributed by atoms with Crippen LogP contribution in [0.4, 0.5) is 5.69 Å².